The number of hydrogen-bond donors (Lipinski definition) is 3. The minimum absolute atomic E-state index is 0.0403. The molecule has 3 aromatic rings. The highest BCUT2D eigenvalue weighted by Crippen LogP contribution is 2.19. The first-order chi connectivity index (χ1) is 23.3. The number of nitrogens with two attached hydrogens (primary N) is 1. The molecule has 3 rings (SSSR count). The first-order valence-electron chi connectivity index (χ1n) is 16.6. The summed E-state index contributed by atoms with van der Waals surface area (Å²) in [5.41, 5.74) is 8.78. The number of carbonyl (C=O) groups excluding carboxylic acids is 2. The van der Waals surface area contributed by atoms with Crippen molar-refractivity contribution in [1.29, 1.82) is 0 Å². The Balaban J connectivity index is 1.94. The van der Waals surface area contributed by atoms with Crippen molar-refractivity contribution in [2.75, 3.05) is 12.3 Å². The van der Waals surface area contributed by atoms with Gasteiger partial charge in [-0.2, -0.15) is 0 Å². The van der Waals surface area contributed by atoms with Crippen LogP contribution in [0.4, 0.5) is 13.6 Å². The molecule has 0 fully saturated rings. The average molecular weight is 703 g/mol. The maximum absolute atomic E-state index is 14.4. The molecule has 49 heavy (non-hydrogen) atoms. The predicted molar refractivity (Wildman–Crippen MR) is 184 cm³/mol. The van der Waals surface area contributed by atoms with Crippen LogP contribution in [0.2, 0.25) is 0 Å². The summed E-state index contributed by atoms with van der Waals surface area (Å²) in [4.78, 5) is 32.6. The van der Waals surface area contributed by atoms with E-state index >= 15 is 0 Å². The van der Waals surface area contributed by atoms with Crippen LogP contribution in [0.3, 0.4) is 0 Å². The normalized spacial score (nSPS) is 13.5. The number of rotatable bonds is 19. The molecule has 0 spiro atoms. The summed E-state index contributed by atoms with van der Waals surface area (Å²) >= 11 is 0. The van der Waals surface area contributed by atoms with Gasteiger partial charge in [0.05, 0.1) is 17.1 Å². The molecule has 2 amide bonds. The molecule has 268 valence electrons. The zero-order chi connectivity index (χ0) is 36.0. The molecule has 3 atom stereocenters. The van der Waals surface area contributed by atoms with E-state index in [0.29, 0.717) is 36.8 Å². The number of nitrogens with one attached hydrogen (secondary N) is 1. The lowest BCUT2D eigenvalue weighted by Gasteiger charge is -2.32. The van der Waals surface area contributed by atoms with Crippen molar-refractivity contribution in [3.8, 4) is 0 Å². The lowest BCUT2D eigenvalue weighted by atomic mass is 10.0. The largest absolute Gasteiger partial charge is 0.445 e. The lowest BCUT2D eigenvalue weighted by molar-refractivity contribution is -0.135. The van der Waals surface area contributed by atoms with E-state index in [1.807, 2.05) is 39.0 Å². The lowest BCUT2D eigenvalue weighted by Crippen LogP contribution is -2.55. The fraction of sp³-hybridized carbons (Fsp3) is 0.472. The molecule has 1 aromatic heterocycles. The number of aliphatic hydroxyl groups is 1. The van der Waals surface area contributed by atoms with E-state index in [-0.39, 0.29) is 31.7 Å². The van der Waals surface area contributed by atoms with Gasteiger partial charge in [-0.15, -0.1) is 0 Å². The van der Waals surface area contributed by atoms with E-state index < -0.39 is 62.7 Å². The van der Waals surface area contributed by atoms with Crippen molar-refractivity contribution < 1.29 is 36.6 Å². The first-order valence-corrected chi connectivity index (χ1v) is 18.4. The number of pyridine rings is 1. The second-order valence-electron chi connectivity index (χ2n) is 12.3. The third-order valence-electron chi connectivity index (χ3n) is 8.19. The molecular formula is C36H48F2N4O6S. The van der Waals surface area contributed by atoms with E-state index in [0.717, 1.165) is 30.2 Å². The molecule has 1 heterocycles. The summed E-state index contributed by atoms with van der Waals surface area (Å²) in [7, 11) is -3.90. The molecule has 0 aliphatic carbocycles. The molecule has 0 saturated heterocycles. The number of carbonyl (C=O) groups is 2. The number of ether oxygens (including phenoxy) is 1. The number of benzene rings is 2. The van der Waals surface area contributed by atoms with Gasteiger partial charge in [-0.25, -0.2) is 22.0 Å². The van der Waals surface area contributed by atoms with Gasteiger partial charge < -0.3 is 25.8 Å². The van der Waals surface area contributed by atoms with Crippen LogP contribution in [-0.2, 0) is 45.4 Å². The molecule has 0 aliphatic rings. The minimum Gasteiger partial charge on any atom is -0.445 e. The number of nitrogens with zero attached hydrogens (tertiary/aromatic N) is 2. The number of aromatic nitrogens is 1. The molecule has 1 unspecified atom stereocenters. The first kappa shape index (κ1) is 39.5. The number of amides is 2. The molecular weight excluding hydrogens is 654 g/mol. The molecule has 10 nitrogen and oxygen atoms in total. The Morgan fingerprint density at radius 3 is 2.22 bits per heavy atom. The Bertz CT molecular complexity index is 1590. The third-order valence-corrected chi connectivity index (χ3v) is 10.5. The number of alkyl carbamates (subject to hydrolysis) is 1. The van der Waals surface area contributed by atoms with Gasteiger partial charge in [0.1, 0.15) is 24.3 Å². The van der Waals surface area contributed by atoms with E-state index in [1.165, 1.54) is 11.1 Å². The Kier molecular flexibility index (Phi) is 15.6. The molecule has 0 aliphatic heterocycles. The van der Waals surface area contributed by atoms with Gasteiger partial charge in [0.25, 0.3) is 0 Å². The maximum Gasteiger partial charge on any atom is 0.408 e. The Labute approximate surface area is 288 Å². The fourth-order valence-corrected chi connectivity index (χ4v) is 7.78. The summed E-state index contributed by atoms with van der Waals surface area (Å²) < 4.78 is 60.5. The van der Waals surface area contributed by atoms with Crippen molar-refractivity contribution in [2.45, 2.75) is 95.9 Å². The molecule has 0 radical (unpaired) electrons. The highest BCUT2D eigenvalue weighted by Gasteiger charge is 2.36. The number of aryl methyl sites for hydroxylation is 1. The maximum atomic E-state index is 14.4. The summed E-state index contributed by atoms with van der Waals surface area (Å²) in [5, 5.41) is 13.0. The summed E-state index contributed by atoms with van der Waals surface area (Å²) in [6.07, 6.45) is 3.32. The number of sulfone groups is 1. The molecule has 4 N–H and O–H groups in total. The standard InChI is InChI=1S/C36H48F2N4O6S/c1-4-9-31(10-5-2)49(46,47)24-33(41-36(45)48-23-27-13-8-14-40-20-27)35(44)42(21-26-12-7-11-25(6-3)15-26)22-34(43)32(39)18-28-16-29(37)19-30(38)17-28/h7-8,11-17,19-20,31-34,43H,4-6,9-10,18,21-24,39H2,1-3H3,(H,41,45)/t32-,33?,34+/m0/s1. The predicted octanol–water partition coefficient (Wildman–Crippen LogP) is 4.86. The molecule has 2 aromatic carbocycles. The zero-order valence-corrected chi connectivity index (χ0v) is 29.2. The van der Waals surface area contributed by atoms with Gasteiger partial charge in [-0.3, -0.25) is 9.78 Å². The monoisotopic (exact) mass is 702 g/mol. The van der Waals surface area contributed by atoms with Crippen LogP contribution in [0.25, 0.3) is 0 Å². The molecule has 13 heteroatoms. The van der Waals surface area contributed by atoms with Crippen LogP contribution < -0.4 is 11.1 Å². The van der Waals surface area contributed by atoms with Crippen molar-refractivity contribution in [1.82, 2.24) is 15.2 Å². The van der Waals surface area contributed by atoms with Gasteiger partial charge >= 0.3 is 6.09 Å². The topological polar surface area (TPSA) is 152 Å². The Morgan fingerprint density at radius 1 is 0.959 bits per heavy atom. The number of hydrogen-bond acceptors (Lipinski definition) is 8. The fourth-order valence-electron chi connectivity index (χ4n) is 5.63. The quantitative estimate of drug-likeness (QED) is 0.160. The van der Waals surface area contributed by atoms with Gasteiger partial charge in [0.2, 0.25) is 5.91 Å². The van der Waals surface area contributed by atoms with Crippen molar-refractivity contribution in [3.63, 3.8) is 0 Å². The van der Waals surface area contributed by atoms with Crippen LogP contribution in [0, 0.1) is 11.6 Å². The van der Waals surface area contributed by atoms with Crippen LogP contribution in [0.15, 0.2) is 67.0 Å². The highest BCUT2D eigenvalue weighted by atomic mass is 32.2. The molecule has 0 saturated carbocycles. The van der Waals surface area contributed by atoms with Crippen molar-refractivity contribution >= 4 is 21.8 Å². The summed E-state index contributed by atoms with van der Waals surface area (Å²) in [6.45, 7) is 5.17. The summed E-state index contributed by atoms with van der Waals surface area (Å²) in [5.74, 6) is -3.04. The van der Waals surface area contributed by atoms with Gasteiger partial charge in [0, 0.05) is 43.2 Å². The summed E-state index contributed by atoms with van der Waals surface area (Å²) in [6, 6.07) is 11.1. The second-order valence-corrected chi connectivity index (χ2v) is 14.6. The van der Waals surface area contributed by atoms with E-state index in [9.17, 15) is 31.9 Å². The third kappa shape index (κ3) is 12.8. The molecule has 0 bridgehead atoms. The second kappa shape index (κ2) is 19.3. The van der Waals surface area contributed by atoms with Crippen LogP contribution >= 0.6 is 0 Å². The minimum atomic E-state index is -3.90. The van der Waals surface area contributed by atoms with Crippen LogP contribution in [0.5, 0.6) is 0 Å². The van der Waals surface area contributed by atoms with Crippen LogP contribution in [0.1, 0.15) is 68.7 Å². The smallest absolute Gasteiger partial charge is 0.408 e. The van der Waals surface area contributed by atoms with Gasteiger partial charge in [-0.1, -0.05) is 63.9 Å². The number of aliphatic hydroxyl groups excluding tert-OH is 1. The van der Waals surface area contributed by atoms with Gasteiger partial charge in [-0.05, 0) is 60.6 Å². The van der Waals surface area contributed by atoms with E-state index in [1.54, 1.807) is 24.4 Å². The average Bonchev–Trinajstić information content (AvgIpc) is 3.06. The number of halogens is 2. The van der Waals surface area contributed by atoms with E-state index in [4.69, 9.17) is 10.5 Å². The Morgan fingerprint density at radius 2 is 1.61 bits per heavy atom. The SMILES string of the molecule is CCCC(CCC)S(=O)(=O)CC(NC(=O)OCc1cccnc1)C(=O)N(Cc1cccc(CC)c1)C[C@@H](O)[C@@H](N)Cc1cc(F)cc(F)c1. The highest BCUT2D eigenvalue weighted by molar-refractivity contribution is 7.92. The van der Waals surface area contributed by atoms with E-state index in [2.05, 4.69) is 10.3 Å². The van der Waals surface area contributed by atoms with Crippen molar-refractivity contribution in [2.24, 2.45) is 5.73 Å². The van der Waals surface area contributed by atoms with Crippen LogP contribution in [-0.4, -0.2) is 71.1 Å². The Hall–Kier alpha value is -3.94. The van der Waals surface area contributed by atoms with Crippen molar-refractivity contribution in [3.05, 3.63) is 101 Å². The van der Waals surface area contributed by atoms with Gasteiger partial charge in [0.15, 0.2) is 9.84 Å². The zero-order valence-electron chi connectivity index (χ0n) is 28.4.